The SMILES string of the molecule is CCOC(C)(C)C(CC1CCCC1)NN. The Labute approximate surface area is 93.7 Å². The van der Waals surface area contributed by atoms with Crippen LogP contribution in [0.15, 0.2) is 0 Å². The highest BCUT2D eigenvalue weighted by molar-refractivity contribution is 4.87. The first kappa shape index (κ1) is 12.9. The first-order chi connectivity index (χ1) is 7.10. The van der Waals surface area contributed by atoms with Crippen molar-refractivity contribution in [3.8, 4) is 0 Å². The molecule has 0 heterocycles. The highest BCUT2D eigenvalue weighted by Gasteiger charge is 2.32. The molecule has 90 valence electrons. The number of ether oxygens (including phenoxy) is 1. The fraction of sp³-hybridized carbons (Fsp3) is 1.00. The second kappa shape index (κ2) is 5.83. The molecule has 0 saturated heterocycles. The Hall–Kier alpha value is -0.120. The van der Waals surface area contributed by atoms with Crippen LogP contribution in [0.2, 0.25) is 0 Å². The number of hydrogen-bond acceptors (Lipinski definition) is 3. The van der Waals surface area contributed by atoms with Crippen molar-refractivity contribution in [2.45, 2.75) is 64.5 Å². The van der Waals surface area contributed by atoms with Crippen molar-refractivity contribution in [3.05, 3.63) is 0 Å². The van der Waals surface area contributed by atoms with E-state index in [2.05, 4.69) is 19.3 Å². The van der Waals surface area contributed by atoms with E-state index in [1.165, 1.54) is 25.7 Å². The molecular weight excluding hydrogens is 188 g/mol. The molecule has 3 N–H and O–H groups in total. The van der Waals surface area contributed by atoms with Crippen molar-refractivity contribution >= 4 is 0 Å². The van der Waals surface area contributed by atoms with Crippen LogP contribution in [0, 0.1) is 5.92 Å². The molecule has 0 radical (unpaired) electrons. The van der Waals surface area contributed by atoms with E-state index in [1.54, 1.807) is 0 Å². The molecule has 1 aliphatic carbocycles. The number of rotatable bonds is 6. The minimum atomic E-state index is -0.161. The molecule has 0 aliphatic heterocycles. The van der Waals surface area contributed by atoms with Crippen LogP contribution in [0.4, 0.5) is 0 Å². The summed E-state index contributed by atoms with van der Waals surface area (Å²) in [5, 5.41) is 0. The summed E-state index contributed by atoms with van der Waals surface area (Å²) in [6.07, 6.45) is 6.64. The predicted molar refractivity (Wildman–Crippen MR) is 63.4 cm³/mol. The molecule has 3 heteroatoms. The smallest absolute Gasteiger partial charge is 0.0792 e. The third kappa shape index (κ3) is 3.74. The fourth-order valence-electron chi connectivity index (χ4n) is 2.60. The monoisotopic (exact) mass is 214 g/mol. The molecule has 0 aromatic heterocycles. The Morgan fingerprint density at radius 1 is 1.40 bits per heavy atom. The Morgan fingerprint density at radius 3 is 2.47 bits per heavy atom. The normalized spacial score (nSPS) is 20.8. The van der Waals surface area contributed by atoms with Gasteiger partial charge in [0.25, 0.3) is 0 Å². The predicted octanol–water partition coefficient (Wildman–Crippen LogP) is 2.21. The van der Waals surface area contributed by atoms with E-state index < -0.39 is 0 Å². The lowest BCUT2D eigenvalue weighted by Gasteiger charge is -2.35. The zero-order valence-corrected chi connectivity index (χ0v) is 10.4. The maximum atomic E-state index is 5.75. The topological polar surface area (TPSA) is 47.3 Å². The standard InChI is InChI=1S/C12H26N2O/c1-4-15-12(2,3)11(14-13)9-10-7-5-6-8-10/h10-11,14H,4-9,13H2,1-3H3. The summed E-state index contributed by atoms with van der Waals surface area (Å²) in [5.74, 6) is 6.48. The summed E-state index contributed by atoms with van der Waals surface area (Å²) in [6, 6.07) is 0.264. The second-order valence-electron chi connectivity index (χ2n) is 5.14. The maximum absolute atomic E-state index is 5.75. The zero-order chi connectivity index (χ0) is 11.3. The van der Waals surface area contributed by atoms with Gasteiger partial charge in [0.1, 0.15) is 0 Å². The van der Waals surface area contributed by atoms with E-state index in [0.29, 0.717) is 0 Å². The van der Waals surface area contributed by atoms with Gasteiger partial charge in [0.2, 0.25) is 0 Å². The maximum Gasteiger partial charge on any atom is 0.0792 e. The van der Waals surface area contributed by atoms with Gasteiger partial charge in [-0.2, -0.15) is 0 Å². The van der Waals surface area contributed by atoms with Gasteiger partial charge in [-0.05, 0) is 33.1 Å². The molecule has 1 saturated carbocycles. The molecule has 15 heavy (non-hydrogen) atoms. The van der Waals surface area contributed by atoms with E-state index in [-0.39, 0.29) is 11.6 Å². The summed E-state index contributed by atoms with van der Waals surface area (Å²) in [5.41, 5.74) is 2.77. The van der Waals surface area contributed by atoms with Crippen LogP contribution in [0.5, 0.6) is 0 Å². The van der Waals surface area contributed by atoms with Crippen LogP contribution in [-0.2, 0) is 4.74 Å². The van der Waals surface area contributed by atoms with E-state index in [1.807, 2.05) is 6.92 Å². The number of nitrogens with two attached hydrogens (primary N) is 1. The van der Waals surface area contributed by atoms with Crippen molar-refractivity contribution in [2.24, 2.45) is 11.8 Å². The summed E-state index contributed by atoms with van der Waals surface area (Å²) < 4.78 is 5.75. The fourth-order valence-corrected chi connectivity index (χ4v) is 2.60. The van der Waals surface area contributed by atoms with Gasteiger partial charge in [0.15, 0.2) is 0 Å². The third-order valence-electron chi connectivity index (χ3n) is 3.60. The number of nitrogens with one attached hydrogen (secondary N) is 1. The minimum absolute atomic E-state index is 0.161. The van der Waals surface area contributed by atoms with Crippen LogP contribution >= 0.6 is 0 Å². The molecule has 3 nitrogen and oxygen atoms in total. The van der Waals surface area contributed by atoms with Crippen LogP contribution in [0.3, 0.4) is 0 Å². The number of hydrazine groups is 1. The Bertz CT molecular complexity index is 176. The number of hydrogen-bond donors (Lipinski definition) is 2. The molecule has 0 bridgehead atoms. The lowest BCUT2D eigenvalue weighted by atomic mass is 9.89. The van der Waals surface area contributed by atoms with Crippen LogP contribution < -0.4 is 11.3 Å². The average molecular weight is 214 g/mol. The largest absolute Gasteiger partial charge is 0.374 e. The first-order valence-electron chi connectivity index (χ1n) is 6.20. The molecule has 1 aliphatic rings. The summed E-state index contributed by atoms with van der Waals surface area (Å²) in [4.78, 5) is 0. The van der Waals surface area contributed by atoms with Crippen LogP contribution in [0.25, 0.3) is 0 Å². The molecule has 1 fully saturated rings. The first-order valence-corrected chi connectivity index (χ1v) is 6.20. The average Bonchev–Trinajstić information content (AvgIpc) is 2.66. The Kier molecular flexibility index (Phi) is 5.03. The molecule has 1 atom stereocenters. The van der Waals surface area contributed by atoms with Gasteiger partial charge in [-0.15, -0.1) is 0 Å². The highest BCUT2D eigenvalue weighted by Crippen LogP contribution is 2.31. The highest BCUT2D eigenvalue weighted by atomic mass is 16.5. The van der Waals surface area contributed by atoms with Crippen molar-refractivity contribution in [2.75, 3.05) is 6.61 Å². The molecule has 0 aromatic rings. The lowest BCUT2D eigenvalue weighted by molar-refractivity contribution is -0.0435. The van der Waals surface area contributed by atoms with Crippen molar-refractivity contribution < 1.29 is 4.74 Å². The Morgan fingerprint density at radius 2 is 2.00 bits per heavy atom. The lowest BCUT2D eigenvalue weighted by Crippen LogP contribution is -2.52. The van der Waals surface area contributed by atoms with Crippen molar-refractivity contribution in [1.82, 2.24) is 5.43 Å². The molecule has 0 spiro atoms. The van der Waals surface area contributed by atoms with Crippen molar-refractivity contribution in [1.29, 1.82) is 0 Å². The molecule has 0 aromatic carbocycles. The van der Waals surface area contributed by atoms with Crippen molar-refractivity contribution in [3.63, 3.8) is 0 Å². The summed E-state index contributed by atoms with van der Waals surface area (Å²) >= 11 is 0. The van der Waals surface area contributed by atoms with Gasteiger partial charge in [0, 0.05) is 12.6 Å². The Balaban J connectivity index is 2.45. The van der Waals surface area contributed by atoms with E-state index in [0.717, 1.165) is 18.9 Å². The van der Waals surface area contributed by atoms with E-state index in [4.69, 9.17) is 10.6 Å². The van der Waals surface area contributed by atoms with E-state index >= 15 is 0 Å². The zero-order valence-electron chi connectivity index (χ0n) is 10.4. The van der Waals surface area contributed by atoms with Gasteiger partial charge >= 0.3 is 0 Å². The minimum Gasteiger partial charge on any atom is -0.374 e. The van der Waals surface area contributed by atoms with Gasteiger partial charge in [-0.25, -0.2) is 0 Å². The third-order valence-corrected chi connectivity index (χ3v) is 3.60. The molecule has 1 rings (SSSR count). The van der Waals surface area contributed by atoms with E-state index in [9.17, 15) is 0 Å². The van der Waals surface area contributed by atoms with Crippen LogP contribution in [-0.4, -0.2) is 18.2 Å². The summed E-state index contributed by atoms with van der Waals surface area (Å²) in [7, 11) is 0. The molecular formula is C12H26N2O. The van der Waals surface area contributed by atoms with Gasteiger partial charge in [0.05, 0.1) is 5.60 Å². The van der Waals surface area contributed by atoms with Crippen LogP contribution in [0.1, 0.15) is 52.9 Å². The van der Waals surface area contributed by atoms with Gasteiger partial charge < -0.3 is 4.74 Å². The molecule has 1 unspecified atom stereocenters. The van der Waals surface area contributed by atoms with Gasteiger partial charge in [-0.3, -0.25) is 11.3 Å². The second-order valence-corrected chi connectivity index (χ2v) is 5.14. The summed E-state index contributed by atoms with van der Waals surface area (Å²) in [6.45, 7) is 7.02. The molecule has 0 amide bonds. The van der Waals surface area contributed by atoms with Gasteiger partial charge in [-0.1, -0.05) is 25.7 Å². The quantitative estimate of drug-likeness (QED) is 0.526.